The number of ether oxygens (including phenoxy) is 2. The summed E-state index contributed by atoms with van der Waals surface area (Å²) in [6.45, 7) is -3.44. The number of alkyl halides is 2. The number of hydrogen-bond donors (Lipinski definition) is 0. The molecule has 0 amide bonds. The first-order valence-electron chi connectivity index (χ1n) is 9.39. The van der Waals surface area contributed by atoms with Gasteiger partial charge in [-0.25, -0.2) is 22.0 Å². The third-order valence-corrected chi connectivity index (χ3v) is 5.01. The SMILES string of the molecule is COc1ccc(-c2cc(F)c(-c3ccc4c(F)c(OC(F)F)c(F)cc4c3)c(F)c2)c(F)c1. The van der Waals surface area contributed by atoms with Crippen LogP contribution in [0.25, 0.3) is 33.0 Å². The van der Waals surface area contributed by atoms with Gasteiger partial charge in [-0.15, -0.1) is 0 Å². The Labute approximate surface area is 182 Å². The minimum Gasteiger partial charge on any atom is -0.497 e. The van der Waals surface area contributed by atoms with Crippen LogP contribution in [0.5, 0.6) is 11.5 Å². The molecule has 0 saturated heterocycles. The third-order valence-electron chi connectivity index (χ3n) is 5.01. The standard InChI is InChI=1S/C24H13F7O2/c1-32-14-3-5-15(17(25)10-14)13-7-18(26)21(19(27)8-13)11-2-4-16-12(6-11)9-20(28)23(22(16)29)33-24(30)31/h2-10,24H,1H3. The first-order valence-corrected chi connectivity index (χ1v) is 9.39. The van der Waals surface area contributed by atoms with Crippen molar-refractivity contribution >= 4 is 10.8 Å². The van der Waals surface area contributed by atoms with Gasteiger partial charge in [-0.2, -0.15) is 8.78 Å². The van der Waals surface area contributed by atoms with Crippen LogP contribution < -0.4 is 9.47 Å². The van der Waals surface area contributed by atoms with E-state index < -0.39 is 47.0 Å². The zero-order valence-corrected chi connectivity index (χ0v) is 16.7. The molecule has 0 saturated carbocycles. The van der Waals surface area contributed by atoms with Crippen molar-refractivity contribution in [1.29, 1.82) is 0 Å². The first kappa shape index (κ1) is 22.4. The van der Waals surface area contributed by atoms with Crippen molar-refractivity contribution in [2.24, 2.45) is 0 Å². The van der Waals surface area contributed by atoms with Crippen molar-refractivity contribution in [3.63, 3.8) is 0 Å². The van der Waals surface area contributed by atoms with Crippen LogP contribution >= 0.6 is 0 Å². The van der Waals surface area contributed by atoms with Gasteiger partial charge < -0.3 is 9.47 Å². The molecule has 4 aromatic rings. The third kappa shape index (κ3) is 4.18. The fraction of sp³-hybridized carbons (Fsp3) is 0.0833. The summed E-state index contributed by atoms with van der Waals surface area (Å²) >= 11 is 0. The van der Waals surface area contributed by atoms with Crippen molar-refractivity contribution in [1.82, 2.24) is 0 Å². The largest absolute Gasteiger partial charge is 0.497 e. The van der Waals surface area contributed by atoms with Crippen molar-refractivity contribution in [3.8, 4) is 33.8 Å². The number of methoxy groups -OCH3 is 1. The Kier molecular flexibility index (Phi) is 5.88. The molecule has 0 bridgehead atoms. The fourth-order valence-electron chi connectivity index (χ4n) is 3.53. The molecule has 0 N–H and O–H groups in total. The van der Waals surface area contributed by atoms with Crippen LogP contribution in [0.1, 0.15) is 0 Å². The maximum atomic E-state index is 14.9. The Morgan fingerprint density at radius 1 is 0.697 bits per heavy atom. The molecule has 0 spiro atoms. The lowest BCUT2D eigenvalue weighted by Gasteiger charge is -2.13. The molecular formula is C24H13F7O2. The maximum absolute atomic E-state index is 14.9. The average Bonchev–Trinajstić information content (AvgIpc) is 2.75. The van der Waals surface area contributed by atoms with E-state index in [2.05, 4.69) is 4.74 Å². The molecule has 0 unspecified atom stereocenters. The second-order valence-electron chi connectivity index (χ2n) is 6.98. The summed E-state index contributed by atoms with van der Waals surface area (Å²) in [5.41, 5.74) is -0.709. The van der Waals surface area contributed by atoms with Crippen molar-refractivity contribution in [3.05, 3.63) is 83.7 Å². The van der Waals surface area contributed by atoms with Crippen molar-refractivity contribution < 1.29 is 40.2 Å². The monoisotopic (exact) mass is 466 g/mol. The second-order valence-corrected chi connectivity index (χ2v) is 6.98. The molecule has 4 aromatic carbocycles. The zero-order chi connectivity index (χ0) is 23.9. The normalized spacial score (nSPS) is 11.3. The van der Waals surface area contributed by atoms with Crippen molar-refractivity contribution in [2.45, 2.75) is 6.61 Å². The van der Waals surface area contributed by atoms with Gasteiger partial charge in [-0.3, -0.25) is 0 Å². The molecule has 0 aliphatic rings. The van der Waals surface area contributed by atoms with Gasteiger partial charge in [-0.05, 0) is 52.9 Å². The predicted molar refractivity (Wildman–Crippen MR) is 108 cm³/mol. The van der Waals surface area contributed by atoms with Crippen LogP contribution in [-0.4, -0.2) is 13.7 Å². The van der Waals surface area contributed by atoms with E-state index in [0.29, 0.717) is 0 Å². The minimum absolute atomic E-state index is 0.0608. The number of hydrogen-bond acceptors (Lipinski definition) is 2. The lowest BCUT2D eigenvalue weighted by atomic mass is 9.96. The smallest absolute Gasteiger partial charge is 0.387 e. The highest BCUT2D eigenvalue weighted by Crippen LogP contribution is 2.37. The summed E-state index contributed by atoms with van der Waals surface area (Å²) in [4.78, 5) is 0. The Morgan fingerprint density at radius 3 is 2.00 bits per heavy atom. The second kappa shape index (κ2) is 8.65. The van der Waals surface area contributed by atoms with E-state index in [1.165, 1.54) is 19.2 Å². The molecule has 4 rings (SSSR count). The quantitative estimate of drug-likeness (QED) is 0.284. The van der Waals surface area contributed by atoms with Gasteiger partial charge >= 0.3 is 6.61 Å². The van der Waals surface area contributed by atoms with Gasteiger partial charge in [0.15, 0.2) is 17.4 Å². The molecule has 0 heterocycles. The van der Waals surface area contributed by atoms with E-state index in [-0.39, 0.29) is 33.2 Å². The van der Waals surface area contributed by atoms with Crippen LogP contribution in [0.2, 0.25) is 0 Å². The molecule has 33 heavy (non-hydrogen) atoms. The van der Waals surface area contributed by atoms with Crippen LogP contribution in [-0.2, 0) is 0 Å². The fourth-order valence-corrected chi connectivity index (χ4v) is 3.53. The van der Waals surface area contributed by atoms with Crippen molar-refractivity contribution in [2.75, 3.05) is 7.11 Å². The highest BCUT2D eigenvalue weighted by atomic mass is 19.3. The summed E-state index contributed by atoms with van der Waals surface area (Å²) in [5.74, 6) is -6.64. The Morgan fingerprint density at radius 2 is 1.39 bits per heavy atom. The predicted octanol–water partition coefficient (Wildman–Crippen LogP) is 7.48. The number of benzene rings is 4. The average molecular weight is 466 g/mol. The molecule has 170 valence electrons. The summed E-state index contributed by atoms with van der Waals surface area (Å²) in [6, 6.07) is 9.68. The molecule has 0 aliphatic heterocycles. The van der Waals surface area contributed by atoms with Gasteiger partial charge in [0.25, 0.3) is 0 Å². The van der Waals surface area contributed by atoms with E-state index in [1.807, 2.05) is 0 Å². The van der Waals surface area contributed by atoms with Crippen LogP contribution in [0.3, 0.4) is 0 Å². The van der Waals surface area contributed by atoms with E-state index in [0.717, 1.165) is 42.5 Å². The van der Waals surface area contributed by atoms with E-state index in [1.54, 1.807) is 0 Å². The summed E-state index contributed by atoms with van der Waals surface area (Å²) in [5, 5.41) is -0.415. The first-order chi connectivity index (χ1) is 15.7. The van der Waals surface area contributed by atoms with Gasteiger partial charge in [0.05, 0.1) is 12.7 Å². The zero-order valence-electron chi connectivity index (χ0n) is 16.7. The molecule has 0 aromatic heterocycles. The lowest BCUT2D eigenvalue weighted by Crippen LogP contribution is -2.06. The van der Waals surface area contributed by atoms with E-state index in [4.69, 9.17) is 4.74 Å². The topological polar surface area (TPSA) is 18.5 Å². The molecule has 2 nitrogen and oxygen atoms in total. The summed E-state index contributed by atoms with van der Waals surface area (Å²) in [7, 11) is 1.34. The molecule has 0 atom stereocenters. The molecular weight excluding hydrogens is 453 g/mol. The number of rotatable bonds is 5. The minimum atomic E-state index is -3.44. The Balaban J connectivity index is 1.80. The van der Waals surface area contributed by atoms with E-state index >= 15 is 0 Å². The van der Waals surface area contributed by atoms with Gasteiger partial charge in [0.2, 0.25) is 0 Å². The highest BCUT2D eigenvalue weighted by Gasteiger charge is 2.21. The van der Waals surface area contributed by atoms with Gasteiger partial charge in [0.1, 0.15) is 23.2 Å². The molecule has 0 fully saturated rings. The Hall–Kier alpha value is -3.75. The van der Waals surface area contributed by atoms with Gasteiger partial charge in [0, 0.05) is 17.0 Å². The lowest BCUT2D eigenvalue weighted by molar-refractivity contribution is -0.0544. The van der Waals surface area contributed by atoms with Crippen LogP contribution in [0.15, 0.2) is 54.6 Å². The summed E-state index contributed by atoms with van der Waals surface area (Å²) in [6.07, 6.45) is 0. The number of halogens is 7. The molecule has 9 heteroatoms. The maximum Gasteiger partial charge on any atom is 0.387 e. The summed E-state index contributed by atoms with van der Waals surface area (Å²) < 4.78 is 106. The Bertz CT molecular complexity index is 1350. The number of fused-ring (bicyclic) bond motifs is 1. The molecule has 0 radical (unpaired) electrons. The van der Waals surface area contributed by atoms with Crippen LogP contribution in [0.4, 0.5) is 30.7 Å². The van der Waals surface area contributed by atoms with E-state index in [9.17, 15) is 30.7 Å². The highest BCUT2D eigenvalue weighted by molar-refractivity contribution is 5.89. The van der Waals surface area contributed by atoms with Crippen LogP contribution in [0, 0.1) is 29.1 Å². The molecule has 0 aliphatic carbocycles. The van der Waals surface area contributed by atoms with Gasteiger partial charge in [-0.1, -0.05) is 12.1 Å².